The Balaban J connectivity index is 2.09. The number of aromatic amines is 1. The molecule has 0 aliphatic carbocycles. The number of fused-ring (bicyclic) bond motifs is 1. The summed E-state index contributed by atoms with van der Waals surface area (Å²) in [4.78, 5) is 26.5. The van der Waals surface area contributed by atoms with E-state index in [2.05, 4.69) is 4.98 Å². The summed E-state index contributed by atoms with van der Waals surface area (Å²) < 4.78 is 28.6. The van der Waals surface area contributed by atoms with Crippen molar-refractivity contribution in [3.05, 3.63) is 68.5 Å². The number of ether oxygens (including phenoxy) is 1. The van der Waals surface area contributed by atoms with Crippen LogP contribution in [0.1, 0.15) is 16.7 Å². The fraction of sp³-hybridized carbons (Fsp3) is 0.200. The predicted molar refractivity (Wildman–Crippen MR) is 110 cm³/mol. The minimum atomic E-state index is -3.31. The van der Waals surface area contributed by atoms with Gasteiger partial charge in [-0.2, -0.15) is 0 Å². The molecule has 0 fully saturated rings. The van der Waals surface area contributed by atoms with Crippen molar-refractivity contribution in [3.8, 4) is 5.75 Å². The lowest BCUT2D eigenvalue weighted by Gasteiger charge is -2.14. The lowest BCUT2D eigenvalue weighted by molar-refractivity contribution is -0.139. The number of aryl methyl sites for hydroxylation is 1. The van der Waals surface area contributed by atoms with Crippen LogP contribution in [0.5, 0.6) is 5.75 Å². The Labute approximate surface area is 171 Å². The Morgan fingerprint density at radius 3 is 2.41 bits per heavy atom. The molecule has 7 nitrogen and oxygen atoms in total. The smallest absolute Gasteiger partial charge is 0.341 e. The summed E-state index contributed by atoms with van der Waals surface area (Å²) >= 11 is 6.21. The summed E-state index contributed by atoms with van der Waals surface area (Å²) in [5, 5.41) is 9.73. The van der Waals surface area contributed by atoms with E-state index in [9.17, 15) is 18.0 Å². The largest absolute Gasteiger partial charge is 0.481 e. The van der Waals surface area contributed by atoms with Crippen LogP contribution in [-0.2, 0) is 21.1 Å². The van der Waals surface area contributed by atoms with E-state index < -0.39 is 22.4 Å². The first-order valence-corrected chi connectivity index (χ1v) is 10.8. The molecule has 152 valence electrons. The third-order valence-electron chi connectivity index (χ3n) is 4.54. The molecule has 3 aromatic rings. The number of nitrogens with one attached hydrogen (secondary N) is 1. The van der Waals surface area contributed by atoms with Gasteiger partial charge in [0.25, 0.3) is 5.56 Å². The second-order valence-electron chi connectivity index (χ2n) is 6.63. The molecular formula is C20H18ClNO6S. The van der Waals surface area contributed by atoms with E-state index in [1.807, 2.05) is 0 Å². The average Bonchev–Trinajstić information content (AvgIpc) is 2.64. The number of benzene rings is 2. The maximum Gasteiger partial charge on any atom is 0.341 e. The van der Waals surface area contributed by atoms with E-state index in [4.69, 9.17) is 21.4 Å². The third kappa shape index (κ3) is 4.44. The number of carboxylic acids is 1. The van der Waals surface area contributed by atoms with Gasteiger partial charge in [-0.05, 0) is 42.3 Å². The van der Waals surface area contributed by atoms with Gasteiger partial charge < -0.3 is 14.8 Å². The predicted octanol–water partition coefficient (Wildman–Crippen LogP) is 2.95. The maximum atomic E-state index is 12.7. The summed E-state index contributed by atoms with van der Waals surface area (Å²) in [6, 6.07) is 9.38. The number of hydrogen-bond donors (Lipinski definition) is 2. The highest BCUT2D eigenvalue weighted by atomic mass is 35.5. The van der Waals surface area contributed by atoms with Crippen molar-refractivity contribution >= 4 is 38.3 Å². The van der Waals surface area contributed by atoms with E-state index in [0.29, 0.717) is 32.8 Å². The second kappa shape index (κ2) is 7.88. The van der Waals surface area contributed by atoms with Gasteiger partial charge in [-0.25, -0.2) is 13.2 Å². The first-order valence-electron chi connectivity index (χ1n) is 8.55. The number of pyridine rings is 1. The molecule has 29 heavy (non-hydrogen) atoms. The molecule has 0 bridgehead atoms. The van der Waals surface area contributed by atoms with Crippen LogP contribution in [0.15, 0.2) is 46.1 Å². The fourth-order valence-corrected chi connectivity index (χ4v) is 3.93. The van der Waals surface area contributed by atoms with E-state index in [-0.39, 0.29) is 16.9 Å². The van der Waals surface area contributed by atoms with E-state index in [1.54, 1.807) is 25.1 Å². The Kier molecular flexibility index (Phi) is 5.68. The number of carboxylic acid groups (broad SMARTS) is 1. The second-order valence-corrected chi connectivity index (χ2v) is 9.05. The molecule has 0 unspecified atom stereocenters. The lowest BCUT2D eigenvalue weighted by Crippen LogP contribution is -2.17. The molecular weight excluding hydrogens is 418 g/mol. The van der Waals surface area contributed by atoms with Crippen molar-refractivity contribution in [2.45, 2.75) is 18.2 Å². The van der Waals surface area contributed by atoms with Gasteiger partial charge >= 0.3 is 5.97 Å². The van der Waals surface area contributed by atoms with Crippen molar-refractivity contribution in [1.82, 2.24) is 4.98 Å². The number of aliphatic carboxylic acids is 1. The minimum Gasteiger partial charge on any atom is -0.481 e. The molecule has 0 aliphatic heterocycles. The Morgan fingerprint density at radius 2 is 1.83 bits per heavy atom. The number of H-pyrrole nitrogens is 1. The summed E-state index contributed by atoms with van der Waals surface area (Å²) in [5.74, 6) is -0.824. The van der Waals surface area contributed by atoms with Gasteiger partial charge in [0, 0.05) is 23.6 Å². The van der Waals surface area contributed by atoms with Crippen molar-refractivity contribution in [1.29, 1.82) is 0 Å². The van der Waals surface area contributed by atoms with Crippen molar-refractivity contribution in [2.24, 2.45) is 0 Å². The number of halogens is 1. The molecule has 0 saturated heterocycles. The van der Waals surface area contributed by atoms with Crippen LogP contribution in [0.25, 0.3) is 10.9 Å². The first kappa shape index (κ1) is 20.9. The molecule has 2 N–H and O–H groups in total. The van der Waals surface area contributed by atoms with Crippen molar-refractivity contribution in [3.63, 3.8) is 0 Å². The molecule has 0 spiro atoms. The summed E-state index contributed by atoms with van der Waals surface area (Å²) in [6.07, 6.45) is 1.38. The Hall–Kier alpha value is -2.84. The van der Waals surface area contributed by atoms with Gasteiger partial charge in [0.15, 0.2) is 16.4 Å². The molecule has 2 aromatic carbocycles. The number of sulfone groups is 1. The highest BCUT2D eigenvalue weighted by Crippen LogP contribution is 2.33. The lowest BCUT2D eigenvalue weighted by atomic mass is 9.98. The van der Waals surface area contributed by atoms with Crippen LogP contribution >= 0.6 is 11.6 Å². The highest BCUT2D eigenvalue weighted by molar-refractivity contribution is 7.90. The van der Waals surface area contributed by atoms with Gasteiger partial charge in [-0.3, -0.25) is 4.79 Å². The topological polar surface area (TPSA) is 114 Å². The van der Waals surface area contributed by atoms with Crippen LogP contribution in [0, 0.1) is 6.92 Å². The minimum absolute atomic E-state index is 0.196. The van der Waals surface area contributed by atoms with Crippen LogP contribution in [0.3, 0.4) is 0 Å². The molecule has 1 aromatic heterocycles. The standard InChI is InChI=1S/C20H18ClNO6S/c1-11-14(9-12-3-5-13(6-4-12)29(2,26)27)20(25)22-19-15(21)7-8-16(18(11)19)28-10-17(23)24/h3-8H,9-10H2,1-2H3,(H,22,25)(H,23,24). The van der Waals surface area contributed by atoms with Gasteiger partial charge in [0.1, 0.15) is 5.75 Å². The van der Waals surface area contributed by atoms with Crippen LogP contribution in [-0.4, -0.2) is 37.3 Å². The third-order valence-corrected chi connectivity index (χ3v) is 5.98. The zero-order chi connectivity index (χ0) is 21.3. The van der Waals surface area contributed by atoms with Gasteiger partial charge in [-0.1, -0.05) is 23.7 Å². The zero-order valence-electron chi connectivity index (χ0n) is 15.7. The average molecular weight is 436 g/mol. The van der Waals surface area contributed by atoms with Crippen LogP contribution < -0.4 is 10.3 Å². The number of rotatable bonds is 6. The Morgan fingerprint density at radius 1 is 1.17 bits per heavy atom. The summed E-state index contributed by atoms with van der Waals surface area (Å²) in [5.41, 5.74) is 1.85. The monoisotopic (exact) mass is 435 g/mol. The molecule has 0 saturated carbocycles. The van der Waals surface area contributed by atoms with Gasteiger partial charge in [0.2, 0.25) is 0 Å². The molecule has 0 atom stereocenters. The van der Waals surface area contributed by atoms with Crippen molar-refractivity contribution in [2.75, 3.05) is 12.9 Å². The summed E-state index contributed by atoms with van der Waals surface area (Å²) in [7, 11) is -3.31. The van der Waals surface area contributed by atoms with Crippen LogP contribution in [0.4, 0.5) is 0 Å². The quantitative estimate of drug-likeness (QED) is 0.615. The normalized spacial score (nSPS) is 11.6. The molecule has 0 radical (unpaired) electrons. The zero-order valence-corrected chi connectivity index (χ0v) is 17.2. The molecule has 1 heterocycles. The fourth-order valence-electron chi connectivity index (χ4n) is 3.09. The number of carbonyl (C=O) groups is 1. The molecule has 0 amide bonds. The van der Waals surface area contributed by atoms with E-state index in [1.165, 1.54) is 18.2 Å². The van der Waals surface area contributed by atoms with Crippen molar-refractivity contribution < 1.29 is 23.1 Å². The molecule has 3 rings (SSSR count). The van der Waals surface area contributed by atoms with E-state index in [0.717, 1.165) is 11.8 Å². The van der Waals surface area contributed by atoms with E-state index >= 15 is 0 Å². The number of hydrogen-bond acceptors (Lipinski definition) is 5. The van der Waals surface area contributed by atoms with Gasteiger partial charge in [-0.15, -0.1) is 0 Å². The molecule has 0 aliphatic rings. The highest BCUT2D eigenvalue weighted by Gasteiger charge is 2.17. The summed E-state index contributed by atoms with van der Waals surface area (Å²) in [6.45, 7) is 1.21. The Bertz CT molecular complexity index is 1260. The number of aromatic nitrogens is 1. The van der Waals surface area contributed by atoms with Gasteiger partial charge in [0.05, 0.1) is 15.4 Å². The maximum absolute atomic E-state index is 12.7. The van der Waals surface area contributed by atoms with Crippen LogP contribution in [0.2, 0.25) is 5.02 Å². The SMILES string of the molecule is Cc1c(Cc2ccc(S(C)(=O)=O)cc2)c(=O)[nH]c2c(Cl)ccc(OCC(=O)O)c12. The molecule has 9 heteroatoms. The first-order chi connectivity index (χ1) is 13.6.